The van der Waals surface area contributed by atoms with Crippen molar-refractivity contribution in [2.45, 2.75) is 44.8 Å². The van der Waals surface area contributed by atoms with Crippen LogP contribution in [0.25, 0.3) is 0 Å². The van der Waals surface area contributed by atoms with Gasteiger partial charge in [0.25, 0.3) is 15.9 Å². The molecule has 2 aromatic rings. The molecule has 0 bridgehead atoms. The van der Waals surface area contributed by atoms with Crippen LogP contribution in [0.3, 0.4) is 0 Å². The monoisotopic (exact) mass is 402 g/mol. The number of morpholine rings is 1. The number of hydrogen-bond acceptors (Lipinski definition) is 4. The maximum atomic E-state index is 12.7. The summed E-state index contributed by atoms with van der Waals surface area (Å²) in [7, 11) is -3.68. The van der Waals surface area contributed by atoms with E-state index in [1.54, 1.807) is 47.4 Å². The molecule has 1 fully saturated rings. The molecule has 0 unspecified atom stereocenters. The molecule has 1 aliphatic heterocycles. The molecular formula is C21H26N2O4S. The van der Waals surface area contributed by atoms with E-state index in [0.717, 1.165) is 11.1 Å². The summed E-state index contributed by atoms with van der Waals surface area (Å²) >= 11 is 0. The number of carbonyl (C=O) groups is 1. The van der Waals surface area contributed by atoms with E-state index in [1.807, 2.05) is 27.7 Å². The van der Waals surface area contributed by atoms with E-state index in [2.05, 4.69) is 4.72 Å². The number of anilines is 1. The molecule has 6 nitrogen and oxygen atoms in total. The Morgan fingerprint density at radius 2 is 1.61 bits per heavy atom. The minimum Gasteiger partial charge on any atom is -0.372 e. The maximum absolute atomic E-state index is 12.7. The summed E-state index contributed by atoms with van der Waals surface area (Å²) in [6.45, 7) is 8.79. The Morgan fingerprint density at radius 3 is 2.18 bits per heavy atom. The SMILES string of the molecule is Cc1ccc(S(=O)(=O)Nc2ccc(C(=O)N3C[C@H](C)O[C@@H](C)C3)cc2)cc1C. The highest BCUT2D eigenvalue weighted by atomic mass is 32.2. The third-order valence-electron chi connectivity index (χ3n) is 4.88. The van der Waals surface area contributed by atoms with Gasteiger partial charge in [-0.1, -0.05) is 6.07 Å². The van der Waals surface area contributed by atoms with E-state index >= 15 is 0 Å². The predicted octanol–water partition coefficient (Wildman–Crippen LogP) is 3.35. The predicted molar refractivity (Wildman–Crippen MR) is 109 cm³/mol. The Bertz CT molecular complexity index is 960. The van der Waals surface area contributed by atoms with Gasteiger partial charge in [-0.2, -0.15) is 0 Å². The minimum absolute atomic E-state index is 0.00301. The molecule has 150 valence electrons. The Morgan fingerprint density at radius 1 is 1.00 bits per heavy atom. The average molecular weight is 403 g/mol. The highest BCUT2D eigenvalue weighted by Gasteiger charge is 2.26. The van der Waals surface area contributed by atoms with E-state index in [0.29, 0.717) is 24.3 Å². The van der Waals surface area contributed by atoms with Gasteiger partial charge in [0, 0.05) is 24.3 Å². The molecule has 1 N–H and O–H groups in total. The lowest BCUT2D eigenvalue weighted by molar-refractivity contribution is -0.0586. The van der Waals surface area contributed by atoms with Crippen molar-refractivity contribution < 1.29 is 17.9 Å². The summed E-state index contributed by atoms with van der Waals surface area (Å²) in [5.41, 5.74) is 2.89. The summed E-state index contributed by atoms with van der Waals surface area (Å²) in [5, 5.41) is 0. The first-order valence-electron chi connectivity index (χ1n) is 9.30. The molecular weight excluding hydrogens is 376 g/mol. The number of nitrogens with zero attached hydrogens (tertiary/aromatic N) is 1. The smallest absolute Gasteiger partial charge is 0.261 e. The van der Waals surface area contributed by atoms with Crippen LogP contribution >= 0.6 is 0 Å². The highest BCUT2D eigenvalue weighted by Crippen LogP contribution is 2.20. The van der Waals surface area contributed by atoms with Crippen molar-refractivity contribution in [2.24, 2.45) is 0 Å². The zero-order valence-electron chi connectivity index (χ0n) is 16.6. The van der Waals surface area contributed by atoms with Crippen LogP contribution in [0, 0.1) is 13.8 Å². The normalized spacial score (nSPS) is 20.1. The molecule has 2 aromatic carbocycles. The van der Waals surface area contributed by atoms with Gasteiger partial charge in [-0.25, -0.2) is 8.42 Å². The molecule has 0 spiro atoms. The third kappa shape index (κ3) is 4.54. The standard InChI is InChI=1S/C21H26N2O4S/c1-14-5-10-20(11-15(14)2)28(25,26)22-19-8-6-18(7-9-19)21(24)23-12-16(3)27-17(4)13-23/h5-11,16-17,22H,12-13H2,1-4H3/t16-,17-/m0/s1. The molecule has 0 aromatic heterocycles. The Kier molecular flexibility index (Phi) is 5.76. The van der Waals surface area contributed by atoms with Gasteiger partial charge in [-0.15, -0.1) is 0 Å². The fraction of sp³-hybridized carbons (Fsp3) is 0.381. The molecule has 1 aliphatic rings. The van der Waals surface area contributed by atoms with Crippen molar-refractivity contribution >= 4 is 21.6 Å². The second-order valence-corrected chi connectivity index (χ2v) is 9.08. The van der Waals surface area contributed by atoms with Gasteiger partial charge in [0.1, 0.15) is 0 Å². The zero-order chi connectivity index (χ0) is 20.5. The highest BCUT2D eigenvalue weighted by molar-refractivity contribution is 7.92. The third-order valence-corrected chi connectivity index (χ3v) is 6.26. The van der Waals surface area contributed by atoms with Crippen LogP contribution in [-0.4, -0.2) is 44.5 Å². The number of nitrogens with one attached hydrogen (secondary N) is 1. The van der Waals surface area contributed by atoms with Crippen LogP contribution in [0.4, 0.5) is 5.69 Å². The summed E-state index contributed by atoms with van der Waals surface area (Å²) in [6.07, 6.45) is -0.00602. The number of ether oxygens (including phenoxy) is 1. The number of sulfonamides is 1. The number of amides is 1. The van der Waals surface area contributed by atoms with Crippen LogP contribution in [0.1, 0.15) is 35.3 Å². The van der Waals surface area contributed by atoms with Crippen LogP contribution in [0.15, 0.2) is 47.4 Å². The molecule has 3 rings (SSSR count). The van der Waals surface area contributed by atoms with E-state index in [-0.39, 0.29) is 23.0 Å². The largest absolute Gasteiger partial charge is 0.372 e. The molecule has 1 saturated heterocycles. The zero-order valence-corrected chi connectivity index (χ0v) is 17.4. The Balaban J connectivity index is 1.73. The van der Waals surface area contributed by atoms with Gasteiger partial charge in [0.05, 0.1) is 17.1 Å². The van der Waals surface area contributed by atoms with Crippen molar-refractivity contribution in [2.75, 3.05) is 17.8 Å². The molecule has 1 heterocycles. The van der Waals surface area contributed by atoms with Crippen molar-refractivity contribution in [1.29, 1.82) is 0 Å². The second-order valence-electron chi connectivity index (χ2n) is 7.40. The van der Waals surface area contributed by atoms with Crippen molar-refractivity contribution in [1.82, 2.24) is 4.90 Å². The van der Waals surface area contributed by atoms with Gasteiger partial charge in [0.2, 0.25) is 0 Å². The summed E-state index contributed by atoms with van der Waals surface area (Å²) in [6, 6.07) is 11.5. The van der Waals surface area contributed by atoms with E-state index in [1.165, 1.54) is 0 Å². The molecule has 0 saturated carbocycles. The van der Waals surface area contributed by atoms with Crippen molar-refractivity contribution in [3.05, 3.63) is 59.2 Å². The molecule has 7 heteroatoms. The van der Waals surface area contributed by atoms with Gasteiger partial charge >= 0.3 is 0 Å². The van der Waals surface area contributed by atoms with Gasteiger partial charge in [0.15, 0.2) is 0 Å². The van der Waals surface area contributed by atoms with Gasteiger partial charge < -0.3 is 9.64 Å². The van der Waals surface area contributed by atoms with Gasteiger partial charge in [-0.05, 0) is 75.2 Å². The lowest BCUT2D eigenvalue weighted by Gasteiger charge is -2.35. The number of benzene rings is 2. The number of rotatable bonds is 4. The Labute approximate surface area is 166 Å². The first-order valence-corrected chi connectivity index (χ1v) is 10.8. The van der Waals surface area contributed by atoms with Gasteiger partial charge in [-0.3, -0.25) is 9.52 Å². The summed E-state index contributed by atoms with van der Waals surface area (Å²) in [5.74, 6) is -0.0782. The van der Waals surface area contributed by atoms with Crippen LogP contribution in [-0.2, 0) is 14.8 Å². The van der Waals surface area contributed by atoms with Crippen LogP contribution < -0.4 is 4.72 Å². The summed E-state index contributed by atoms with van der Waals surface area (Å²) < 4.78 is 33.4. The van der Waals surface area contributed by atoms with Crippen LogP contribution in [0.5, 0.6) is 0 Å². The van der Waals surface area contributed by atoms with Crippen molar-refractivity contribution in [3.63, 3.8) is 0 Å². The first kappa shape index (κ1) is 20.4. The van der Waals surface area contributed by atoms with Crippen molar-refractivity contribution in [3.8, 4) is 0 Å². The number of aryl methyl sites for hydroxylation is 2. The minimum atomic E-state index is -3.68. The van der Waals surface area contributed by atoms with Crippen LogP contribution in [0.2, 0.25) is 0 Å². The molecule has 0 aliphatic carbocycles. The average Bonchev–Trinajstić information content (AvgIpc) is 2.63. The lowest BCUT2D eigenvalue weighted by Crippen LogP contribution is -2.48. The maximum Gasteiger partial charge on any atom is 0.261 e. The topological polar surface area (TPSA) is 75.7 Å². The molecule has 2 atom stereocenters. The van der Waals surface area contributed by atoms with E-state index in [4.69, 9.17) is 4.74 Å². The fourth-order valence-electron chi connectivity index (χ4n) is 3.30. The quantitative estimate of drug-likeness (QED) is 0.851. The summed E-state index contributed by atoms with van der Waals surface area (Å²) in [4.78, 5) is 14.7. The second kappa shape index (κ2) is 7.93. The lowest BCUT2D eigenvalue weighted by atomic mass is 10.1. The first-order chi connectivity index (χ1) is 13.2. The molecule has 1 amide bonds. The fourth-order valence-corrected chi connectivity index (χ4v) is 4.45. The number of hydrogen-bond donors (Lipinski definition) is 1. The van der Waals surface area contributed by atoms with E-state index < -0.39 is 10.0 Å². The molecule has 28 heavy (non-hydrogen) atoms. The number of carbonyl (C=O) groups excluding carboxylic acids is 1. The Hall–Kier alpha value is -2.38. The van der Waals surface area contributed by atoms with E-state index in [9.17, 15) is 13.2 Å². The molecule has 0 radical (unpaired) electrons.